The SMILES string of the molecule is Cc1ccc(OCc2cncc(Br)c2)c(CBr)n1. The predicted octanol–water partition coefficient (Wildman–Crippen LogP) is 4.02. The third kappa shape index (κ3) is 3.53. The minimum atomic E-state index is 0.483. The highest BCUT2D eigenvalue weighted by Crippen LogP contribution is 2.21. The molecule has 0 saturated heterocycles. The van der Waals surface area contributed by atoms with Gasteiger partial charge in [-0.2, -0.15) is 0 Å². The summed E-state index contributed by atoms with van der Waals surface area (Å²) >= 11 is 6.81. The van der Waals surface area contributed by atoms with Crippen molar-refractivity contribution in [3.8, 4) is 5.75 Å². The van der Waals surface area contributed by atoms with Crippen molar-refractivity contribution >= 4 is 31.9 Å². The Morgan fingerprint density at radius 2 is 2.11 bits per heavy atom. The number of aryl methyl sites for hydroxylation is 1. The number of rotatable bonds is 4. The molecule has 18 heavy (non-hydrogen) atoms. The second kappa shape index (κ2) is 6.29. The van der Waals surface area contributed by atoms with Gasteiger partial charge in [-0.3, -0.25) is 9.97 Å². The topological polar surface area (TPSA) is 35.0 Å². The fourth-order valence-corrected chi connectivity index (χ4v) is 2.33. The average molecular weight is 372 g/mol. The summed E-state index contributed by atoms with van der Waals surface area (Å²) in [5.74, 6) is 0.803. The summed E-state index contributed by atoms with van der Waals surface area (Å²) in [6, 6.07) is 5.88. The van der Waals surface area contributed by atoms with Gasteiger partial charge >= 0.3 is 0 Å². The molecule has 0 aromatic carbocycles. The average Bonchev–Trinajstić information content (AvgIpc) is 2.37. The summed E-state index contributed by atoms with van der Waals surface area (Å²) < 4.78 is 6.72. The highest BCUT2D eigenvalue weighted by Gasteiger charge is 2.05. The third-order valence-electron chi connectivity index (χ3n) is 2.35. The molecule has 0 aliphatic rings. The molecule has 0 aliphatic heterocycles. The Morgan fingerprint density at radius 3 is 2.83 bits per heavy atom. The lowest BCUT2D eigenvalue weighted by Crippen LogP contribution is -2.00. The molecule has 0 saturated carbocycles. The number of alkyl halides is 1. The predicted molar refractivity (Wildman–Crippen MR) is 77.9 cm³/mol. The van der Waals surface area contributed by atoms with Crippen LogP contribution < -0.4 is 4.74 Å². The van der Waals surface area contributed by atoms with Crippen molar-refractivity contribution in [3.05, 3.63) is 52.0 Å². The van der Waals surface area contributed by atoms with Crippen molar-refractivity contribution in [2.45, 2.75) is 18.9 Å². The quantitative estimate of drug-likeness (QED) is 0.761. The summed E-state index contributed by atoms with van der Waals surface area (Å²) in [6.07, 6.45) is 3.54. The van der Waals surface area contributed by atoms with E-state index in [-0.39, 0.29) is 0 Å². The number of ether oxygens (including phenoxy) is 1. The highest BCUT2D eigenvalue weighted by molar-refractivity contribution is 9.10. The van der Waals surface area contributed by atoms with Gasteiger partial charge in [-0.25, -0.2) is 0 Å². The summed E-state index contributed by atoms with van der Waals surface area (Å²) in [4.78, 5) is 8.53. The second-order valence-electron chi connectivity index (χ2n) is 3.83. The molecule has 0 unspecified atom stereocenters. The molecule has 5 heteroatoms. The smallest absolute Gasteiger partial charge is 0.142 e. The van der Waals surface area contributed by atoms with Crippen molar-refractivity contribution in [1.82, 2.24) is 9.97 Å². The normalized spacial score (nSPS) is 10.4. The van der Waals surface area contributed by atoms with Crippen LogP contribution in [-0.2, 0) is 11.9 Å². The molecule has 0 radical (unpaired) electrons. The van der Waals surface area contributed by atoms with E-state index in [1.165, 1.54) is 0 Å². The lowest BCUT2D eigenvalue weighted by Gasteiger charge is -2.10. The summed E-state index contributed by atoms with van der Waals surface area (Å²) in [5.41, 5.74) is 2.92. The number of hydrogen-bond donors (Lipinski definition) is 0. The second-order valence-corrected chi connectivity index (χ2v) is 5.31. The number of pyridine rings is 2. The summed E-state index contributed by atoms with van der Waals surface area (Å²) in [5, 5.41) is 0.681. The Balaban J connectivity index is 2.10. The summed E-state index contributed by atoms with van der Waals surface area (Å²) in [6.45, 7) is 2.45. The molecule has 2 rings (SSSR count). The molecule has 2 aromatic rings. The first-order chi connectivity index (χ1) is 8.69. The van der Waals surface area contributed by atoms with Gasteiger partial charge in [0.05, 0.1) is 5.69 Å². The fraction of sp³-hybridized carbons (Fsp3) is 0.231. The first-order valence-corrected chi connectivity index (χ1v) is 7.35. The number of nitrogens with zero attached hydrogens (tertiary/aromatic N) is 2. The van der Waals surface area contributed by atoms with Crippen LogP contribution in [0.5, 0.6) is 5.75 Å². The van der Waals surface area contributed by atoms with E-state index in [0.29, 0.717) is 11.9 Å². The van der Waals surface area contributed by atoms with Crippen LogP contribution in [0.1, 0.15) is 17.0 Å². The van der Waals surface area contributed by atoms with Crippen LogP contribution in [-0.4, -0.2) is 9.97 Å². The Kier molecular flexibility index (Phi) is 4.72. The van der Waals surface area contributed by atoms with Crippen molar-refractivity contribution in [2.75, 3.05) is 0 Å². The molecule has 0 amide bonds. The Bertz CT molecular complexity index is 546. The van der Waals surface area contributed by atoms with E-state index in [2.05, 4.69) is 41.8 Å². The van der Waals surface area contributed by atoms with E-state index in [1.54, 1.807) is 12.4 Å². The number of aromatic nitrogens is 2. The van der Waals surface area contributed by atoms with E-state index in [9.17, 15) is 0 Å². The van der Waals surface area contributed by atoms with Crippen LogP contribution in [0.3, 0.4) is 0 Å². The van der Waals surface area contributed by atoms with E-state index in [4.69, 9.17) is 4.74 Å². The number of hydrogen-bond acceptors (Lipinski definition) is 3. The zero-order chi connectivity index (χ0) is 13.0. The number of halogens is 2. The standard InChI is InChI=1S/C13H12Br2N2O/c1-9-2-3-13(12(5-14)17-9)18-8-10-4-11(15)7-16-6-10/h2-4,6-7H,5,8H2,1H3. The molecule has 0 spiro atoms. The van der Waals surface area contributed by atoms with Gasteiger partial charge in [0.25, 0.3) is 0 Å². The van der Waals surface area contributed by atoms with Crippen molar-refractivity contribution in [3.63, 3.8) is 0 Å². The summed E-state index contributed by atoms with van der Waals surface area (Å²) in [7, 11) is 0. The lowest BCUT2D eigenvalue weighted by molar-refractivity contribution is 0.301. The zero-order valence-electron chi connectivity index (χ0n) is 9.86. The van der Waals surface area contributed by atoms with E-state index >= 15 is 0 Å². The third-order valence-corrected chi connectivity index (χ3v) is 3.32. The van der Waals surface area contributed by atoms with Gasteiger partial charge in [-0.05, 0) is 41.1 Å². The molecule has 0 fully saturated rings. The molecule has 0 bridgehead atoms. The van der Waals surface area contributed by atoms with Gasteiger partial charge in [-0.15, -0.1) is 0 Å². The van der Waals surface area contributed by atoms with Gasteiger partial charge in [0.1, 0.15) is 12.4 Å². The van der Waals surface area contributed by atoms with Crippen LogP contribution >= 0.6 is 31.9 Å². The Morgan fingerprint density at radius 1 is 1.28 bits per heavy atom. The largest absolute Gasteiger partial charge is 0.487 e. The van der Waals surface area contributed by atoms with Crippen molar-refractivity contribution < 1.29 is 4.74 Å². The van der Waals surface area contributed by atoms with Crippen molar-refractivity contribution in [1.29, 1.82) is 0 Å². The zero-order valence-corrected chi connectivity index (χ0v) is 13.0. The Labute approximate surface area is 123 Å². The van der Waals surface area contributed by atoms with E-state index in [0.717, 1.165) is 27.2 Å². The van der Waals surface area contributed by atoms with Gasteiger partial charge in [0.2, 0.25) is 0 Å². The molecule has 2 heterocycles. The minimum Gasteiger partial charge on any atom is -0.487 e. The van der Waals surface area contributed by atoms with Crippen molar-refractivity contribution in [2.24, 2.45) is 0 Å². The highest BCUT2D eigenvalue weighted by atomic mass is 79.9. The van der Waals surface area contributed by atoms with Crippen LogP contribution in [0.2, 0.25) is 0 Å². The van der Waals surface area contributed by atoms with Gasteiger partial charge in [0.15, 0.2) is 0 Å². The fourth-order valence-electron chi connectivity index (χ4n) is 1.52. The minimum absolute atomic E-state index is 0.483. The maximum absolute atomic E-state index is 5.77. The van der Waals surface area contributed by atoms with Crippen LogP contribution in [0.4, 0.5) is 0 Å². The molecule has 2 aromatic heterocycles. The van der Waals surface area contributed by atoms with Crippen LogP contribution in [0.25, 0.3) is 0 Å². The van der Waals surface area contributed by atoms with E-state index in [1.807, 2.05) is 25.1 Å². The lowest BCUT2D eigenvalue weighted by atomic mass is 10.3. The van der Waals surface area contributed by atoms with Gasteiger partial charge < -0.3 is 4.74 Å². The monoisotopic (exact) mass is 370 g/mol. The molecule has 3 nitrogen and oxygen atoms in total. The maximum atomic E-state index is 5.77. The molecular weight excluding hydrogens is 360 g/mol. The van der Waals surface area contributed by atoms with Gasteiger partial charge in [0, 0.05) is 33.5 Å². The molecule has 0 N–H and O–H groups in total. The molecule has 94 valence electrons. The van der Waals surface area contributed by atoms with Gasteiger partial charge in [-0.1, -0.05) is 15.9 Å². The molecule has 0 atom stereocenters. The molecular formula is C13H12Br2N2O. The first-order valence-electron chi connectivity index (χ1n) is 5.44. The first kappa shape index (κ1) is 13.5. The molecule has 0 aliphatic carbocycles. The van der Waals surface area contributed by atoms with Crippen LogP contribution in [0.15, 0.2) is 35.1 Å². The van der Waals surface area contributed by atoms with Crippen LogP contribution in [0, 0.1) is 6.92 Å². The maximum Gasteiger partial charge on any atom is 0.142 e. The van der Waals surface area contributed by atoms with E-state index < -0.39 is 0 Å². The Hall–Kier alpha value is -0.940.